The topological polar surface area (TPSA) is 60.2 Å². The van der Waals surface area contributed by atoms with E-state index >= 15 is 0 Å². The van der Waals surface area contributed by atoms with Gasteiger partial charge in [-0.05, 0) is 30.4 Å². The van der Waals surface area contributed by atoms with Crippen molar-refractivity contribution in [2.75, 3.05) is 0 Å². The first-order chi connectivity index (χ1) is 8.05. The second-order valence-electron chi connectivity index (χ2n) is 6.05. The highest BCUT2D eigenvalue weighted by atomic mass is 32.2. The van der Waals surface area contributed by atoms with E-state index in [1.54, 1.807) is 23.9 Å². The number of fused-ring (bicyclic) bond motifs is 1. The lowest BCUT2D eigenvalue weighted by atomic mass is 9.78. The second kappa shape index (κ2) is 3.99. The maximum Gasteiger partial charge on any atom is 0.239 e. The number of sulfonamides is 1. The molecule has 0 aliphatic carbocycles. The number of primary sulfonamides is 1. The second-order valence-corrected chi connectivity index (χ2v) is 9.09. The summed E-state index contributed by atoms with van der Waals surface area (Å²) < 4.78 is 23.2. The molecule has 18 heavy (non-hydrogen) atoms. The van der Waals surface area contributed by atoms with E-state index in [0.717, 1.165) is 16.9 Å². The Morgan fingerprint density at radius 2 is 1.94 bits per heavy atom. The third kappa shape index (κ3) is 2.19. The Morgan fingerprint density at radius 1 is 1.33 bits per heavy atom. The molecule has 0 spiro atoms. The summed E-state index contributed by atoms with van der Waals surface area (Å²) in [6, 6.07) is 5.36. The van der Waals surface area contributed by atoms with Gasteiger partial charge in [-0.2, -0.15) is 0 Å². The predicted molar refractivity (Wildman–Crippen MR) is 75.2 cm³/mol. The standard InChI is InChI=1S/C13H19NO2S2/c1-12(2,3)13(4)8-9-6-5-7-10(11(9)17-13)18(14,15)16/h5-7H,8H2,1-4H3,(H2,14,15,16). The summed E-state index contributed by atoms with van der Waals surface area (Å²) in [5.41, 5.74) is 1.18. The first-order valence-electron chi connectivity index (χ1n) is 5.88. The Morgan fingerprint density at radius 3 is 2.44 bits per heavy atom. The summed E-state index contributed by atoms with van der Waals surface area (Å²) in [5.74, 6) is 0. The van der Waals surface area contributed by atoms with Crippen LogP contribution in [0.4, 0.5) is 0 Å². The van der Waals surface area contributed by atoms with E-state index < -0.39 is 10.0 Å². The highest BCUT2D eigenvalue weighted by molar-refractivity contribution is 8.01. The molecule has 0 amide bonds. The van der Waals surface area contributed by atoms with Crippen LogP contribution < -0.4 is 5.14 Å². The SMILES string of the molecule is CC(C)(C)C1(C)Cc2cccc(S(N)(=O)=O)c2S1. The average molecular weight is 285 g/mol. The van der Waals surface area contributed by atoms with E-state index in [9.17, 15) is 8.42 Å². The number of nitrogens with two attached hydrogens (primary N) is 1. The lowest BCUT2D eigenvalue weighted by molar-refractivity contribution is 0.302. The molecule has 1 aliphatic rings. The van der Waals surface area contributed by atoms with Gasteiger partial charge in [0.05, 0.1) is 4.90 Å². The van der Waals surface area contributed by atoms with Crippen LogP contribution >= 0.6 is 11.8 Å². The van der Waals surface area contributed by atoms with Crippen molar-refractivity contribution < 1.29 is 8.42 Å². The Kier molecular flexibility index (Phi) is 3.08. The van der Waals surface area contributed by atoms with Gasteiger partial charge in [0.25, 0.3) is 0 Å². The van der Waals surface area contributed by atoms with Gasteiger partial charge in [0.2, 0.25) is 10.0 Å². The van der Waals surface area contributed by atoms with Gasteiger partial charge in [-0.25, -0.2) is 13.6 Å². The van der Waals surface area contributed by atoms with Gasteiger partial charge in [0, 0.05) is 9.64 Å². The van der Waals surface area contributed by atoms with Crippen LogP contribution in [0.1, 0.15) is 33.3 Å². The zero-order valence-corrected chi connectivity index (χ0v) is 12.8. The van der Waals surface area contributed by atoms with Crippen molar-refractivity contribution in [3.8, 4) is 0 Å². The van der Waals surface area contributed by atoms with E-state index in [1.807, 2.05) is 6.07 Å². The minimum atomic E-state index is -3.64. The molecule has 0 saturated heterocycles. The monoisotopic (exact) mass is 285 g/mol. The molecule has 5 heteroatoms. The first kappa shape index (κ1) is 13.9. The minimum Gasteiger partial charge on any atom is -0.225 e. The maximum atomic E-state index is 11.6. The van der Waals surface area contributed by atoms with Crippen LogP contribution in [0.2, 0.25) is 0 Å². The van der Waals surface area contributed by atoms with Crippen molar-refractivity contribution in [2.24, 2.45) is 10.6 Å². The van der Waals surface area contributed by atoms with Crippen LogP contribution in [-0.2, 0) is 16.4 Å². The van der Waals surface area contributed by atoms with Crippen LogP contribution in [0.15, 0.2) is 28.0 Å². The molecule has 0 aromatic heterocycles. The van der Waals surface area contributed by atoms with Gasteiger partial charge in [0.15, 0.2) is 0 Å². The molecule has 1 heterocycles. The van der Waals surface area contributed by atoms with Crippen molar-refractivity contribution in [3.63, 3.8) is 0 Å². The molecule has 3 nitrogen and oxygen atoms in total. The highest BCUT2D eigenvalue weighted by Gasteiger charge is 2.44. The lowest BCUT2D eigenvalue weighted by Crippen LogP contribution is -2.35. The summed E-state index contributed by atoms with van der Waals surface area (Å²) >= 11 is 1.64. The van der Waals surface area contributed by atoms with E-state index in [-0.39, 0.29) is 15.1 Å². The number of hydrogen-bond acceptors (Lipinski definition) is 3. The van der Waals surface area contributed by atoms with Gasteiger partial charge in [-0.15, -0.1) is 11.8 Å². The largest absolute Gasteiger partial charge is 0.239 e. The lowest BCUT2D eigenvalue weighted by Gasteiger charge is -2.37. The van der Waals surface area contributed by atoms with E-state index in [0.29, 0.717) is 0 Å². The molecule has 1 atom stereocenters. The summed E-state index contributed by atoms with van der Waals surface area (Å²) in [4.78, 5) is 1.09. The van der Waals surface area contributed by atoms with Crippen LogP contribution in [0.25, 0.3) is 0 Å². The summed E-state index contributed by atoms with van der Waals surface area (Å²) in [6.07, 6.45) is 0.875. The number of thioether (sulfide) groups is 1. The summed E-state index contributed by atoms with van der Waals surface area (Å²) in [5, 5.41) is 5.29. The van der Waals surface area contributed by atoms with Gasteiger partial charge in [-0.1, -0.05) is 32.9 Å². The van der Waals surface area contributed by atoms with Gasteiger partial charge < -0.3 is 0 Å². The summed E-state index contributed by atoms with van der Waals surface area (Å²) in [7, 11) is -3.64. The first-order valence-corrected chi connectivity index (χ1v) is 8.25. The van der Waals surface area contributed by atoms with Gasteiger partial charge in [-0.3, -0.25) is 0 Å². The third-order valence-electron chi connectivity index (χ3n) is 3.81. The molecule has 0 fully saturated rings. The molecule has 1 aliphatic heterocycles. The van der Waals surface area contributed by atoms with Crippen LogP contribution in [0, 0.1) is 5.41 Å². The van der Waals surface area contributed by atoms with E-state index in [2.05, 4.69) is 27.7 Å². The zero-order valence-electron chi connectivity index (χ0n) is 11.1. The normalized spacial score (nSPS) is 24.1. The van der Waals surface area contributed by atoms with Crippen molar-refractivity contribution in [1.82, 2.24) is 0 Å². The molecule has 2 N–H and O–H groups in total. The fourth-order valence-corrected chi connectivity index (χ4v) is 4.64. The van der Waals surface area contributed by atoms with Crippen LogP contribution in [0.3, 0.4) is 0 Å². The third-order valence-corrected chi connectivity index (χ3v) is 6.78. The van der Waals surface area contributed by atoms with Gasteiger partial charge in [0.1, 0.15) is 0 Å². The number of benzene rings is 1. The average Bonchev–Trinajstić information content (AvgIpc) is 2.52. The van der Waals surface area contributed by atoms with Crippen molar-refractivity contribution in [3.05, 3.63) is 23.8 Å². The Labute approximate surface area is 113 Å². The number of hydrogen-bond donors (Lipinski definition) is 1. The highest BCUT2D eigenvalue weighted by Crippen LogP contribution is 2.55. The van der Waals surface area contributed by atoms with Crippen molar-refractivity contribution in [1.29, 1.82) is 0 Å². The van der Waals surface area contributed by atoms with E-state index in [1.165, 1.54) is 0 Å². The molecule has 100 valence electrons. The Hall–Kier alpha value is -0.520. The molecule has 1 unspecified atom stereocenters. The smallest absolute Gasteiger partial charge is 0.225 e. The fraction of sp³-hybridized carbons (Fsp3) is 0.538. The van der Waals surface area contributed by atoms with Crippen molar-refractivity contribution in [2.45, 2.75) is 48.7 Å². The van der Waals surface area contributed by atoms with Gasteiger partial charge >= 0.3 is 0 Å². The van der Waals surface area contributed by atoms with Crippen LogP contribution in [0.5, 0.6) is 0 Å². The molecule has 0 bridgehead atoms. The molecule has 0 radical (unpaired) electrons. The quantitative estimate of drug-likeness (QED) is 0.863. The van der Waals surface area contributed by atoms with Crippen LogP contribution in [-0.4, -0.2) is 13.2 Å². The predicted octanol–water partition coefficient (Wildman–Crippen LogP) is 2.79. The van der Waals surface area contributed by atoms with Crippen molar-refractivity contribution >= 4 is 21.8 Å². The fourth-order valence-electron chi connectivity index (χ4n) is 2.08. The molecule has 2 rings (SSSR count). The molecular formula is C13H19NO2S2. The minimum absolute atomic E-state index is 0.00384. The molecule has 1 aromatic carbocycles. The number of rotatable bonds is 1. The zero-order chi connectivity index (χ0) is 13.8. The molecule has 0 saturated carbocycles. The van der Waals surface area contributed by atoms with E-state index in [4.69, 9.17) is 5.14 Å². The Bertz CT molecular complexity index is 587. The summed E-state index contributed by atoms with van der Waals surface area (Å²) in [6.45, 7) is 8.73. The maximum absolute atomic E-state index is 11.6. The molecular weight excluding hydrogens is 266 g/mol. The Balaban J connectivity index is 2.55. The molecule has 1 aromatic rings.